The monoisotopic (exact) mass is 570 g/mol. The van der Waals surface area contributed by atoms with Gasteiger partial charge in [0.15, 0.2) is 0 Å². The van der Waals surface area contributed by atoms with Crippen LogP contribution >= 0.6 is 0 Å². The van der Waals surface area contributed by atoms with Crippen LogP contribution in [0.15, 0.2) is 158 Å². The third-order valence-corrected chi connectivity index (χ3v) is 9.99. The van der Waals surface area contributed by atoms with Crippen LogP contribution in [0.1, 0.15) is 22.4 Å². The second-order valence-corrected chi connectivity index (χ2v) is 12.1. The minimum absolute atomic E-state index is 0.494. The molecule has 0 fully saturated rings. The molecule has 10 rings (SSSR count). The van der Waals surface area contributed by atoms with Gasteiger partial charge in [0.05, 0.1) is 11.1 Å². The average molecular weight is 571 g/mol. The van der Waals surface area contributed by atoms with Gasteiger partial charge in [0.1, 0.15) is 0 Å². The van der Waals surface area contributed by atoms with Crippen LogP contribution in [-0.2, 0) is 5.41 Å². The molecule has 0 radical (unpaired) electrons. The van der Waals surface area contributed by atoms with Gasteiger partial charge >= 0.3 is 0 Å². The summed E-state index contributed by atoms with van der Waals surface area (Å²) < 4.78 is 0. The second-order valence-electron chi connectivity index (χ2n) is 12.1. The van der Waals surface area contributed by atoms with Crippen LogP contribution in [0, 0.1) is 0 Å². The minimum atomic E-state index is -0.494. The summed E-state index contributed by atoms with van der Waals surface area (Å²) in [6.07, 6.45) is 6.09. The lowest BCUT2D eigenvalue weighted by Crippen LogP contribution is -2.27. The molecule has 0 atom stereocenters. The predicted octanol–water partition coefficient (Wildman–Crippen LogP) is 10.5. The van der Waals surface area contributed by atoms with E-state index in [1.54, 1.807) is 0 Å². The quantitative estimate of drug-likeness (QED) is 0.193. The van der Waals surface area contributed by atoms with Gasteiger partial charge in [-0.2, -0.15) is 0 Å². The normalized spacial score (nSPS) is 13.5. The predicted molar refractivity (Wildman–Crippen MR) is 184 cm³/mol. The zero-order chi connectivity index (χ0) is 29.5. The SMILES string of the molecule is c1ccc(-c2c3ccccc3c(-c3cnc4c(c3)-c3ccncc3C43c4ccccc4-c4ccccc43)c3ccccc23)cc1. The van der Waals surface area contributed by atoms with Gasteiger partial charge in [0.25, 0.3) is 0 Å². The van der Waals surface area contributed by atoms with E-state index in [1.807, 2.05) is 6.20 Å². The fourth-order valence-electron chi connectivity index (χ4n) is 8.30. The Bertz CT molecular complexity index is 2390. The Morgan fingerprint density at radius 2 is 0.911 bits per heavy atom. The van der Waals surface area contributed by atoms with Crippen LogP contribution in [-0.4, -0.2) is 9.97 Å². The van der Waals surface area contributed by atoms with E-state index in [9.17, 15) is 0 Å². The third kappa shape index (κ3) is 3.13. The highest BCUT2D eigenvalue weighted by Gasteiger charge is 2.53. The number of hydrogen-bond acceptors (Lipinski definition) is 2. The first-order chi connectivity index (χ1) is 22.4. The lowest BCUT2D eigenvalue weighted by Gasteiger charge is -2.29. The maximum atomic E-state index is 5.45. The van der Waals surface area contributed by atoms with Crippen LogP contribution < -0.4 is 0 Å². The first kappa shape index (κ1) is 24.6. The summed E-state index contributed by atoms with van der Waals surface area (Å²) in [7, 11) is 0. The van der Waals surface area contributed by atoms with Crippen LogP contribution in [0.5, 0.6) is 0 Å². The Kier molecular flexibility index (Phi) is 4.95. The van der Waals surface area contributed by atoms with E-state index >= 15 is 0 Å². The first-order valence-electron chi connectivity index (χ1n) is 15.5. The van der Waals surface area contributed by atoms with Crippen LogP contribution in [0.3, 0.4) is 0 Å². The van der Waals surface area contributed by atoms with Gasteiger partial charge in [-0.1, -0.05) is 127 Å². The molecule has 0 aliphatic heterocycles. The van der Waals surface area contributed by atoms with Crippen molar-refractivity contribution in [2.45, 2.75) is 5.41 Å². The summed E-state index contributed by atoms with van der Waals surface area (Å²) in [5.41, 5.74) is 14.1. The molecule has 8 aromatic rings. The van der Waals surface area contributed by atoms with Gasteiger partial charge < -0.3 is 0 Å². The number of pyridine rings is 2. The van der Waals surface area contributed by atoms with Gasteiger partial charge in [-0.3, -0.25) is 9.97 Å². The van der Waals surface area contributed by atoms with Gasteiger partial charge in [-0.15, -0.1) is 0 Å². The standard InChI is InChI=1S/C43H26N2/c1-2-12-27(13-3-1)40-32-16-4-6-18-34(32)41(35-19-7-5-17-33(35)40)28-24-36-31-22-23-44-26-39(31)43(42(36)45-25-28)37-20-10-8-14-29(37)30-15-9-11-21-38(30)43/h1-26H. The fourth-order valence-corrected chi connectivity index (χ4v) is 8.30. The molecule has 2 heteroatoms. The third-order valence-electron chi connectivity index (χ3n) is 9.99. The number of nitrogens with zero attached hydrogens (tertiary/aromatic N) is 2. The zero-order valence-corrected chi connectivity index (χ0v) is 24.4. The van der Waals surface area contributed by atoms with Crippen LogP contribution in [0.25, 0.3) is 66.1 Å². The van der Waals surface area contributed by atoms with E-state index in [4.69, 9.17) is 4.98 Å². The number of aromatic nitrogens is 2. The van der Waals surface area contributed by atoms with Crippen molar-refractivity contribution < 1.29 is 0 Å². The summed E-state index contributed by atoms with van der Waals surface area (Å²) >= 11 is 0. The number of rotatable bonds is 2. The van der Waals surface area contributed by atoms with Crippen molar-refractivity contribution >= 4 is 21.5 Å². The molecule has 0 amide bonds. The Morgan fingerprint density at radius 1 is 0.400 bits per heavy atom. The van der Waals surface area contributed by atoms with Gasteiger partial charge in [-0.05, 0) is 83.7 Å². The van der Waals surface area contributed by atoms with Crippen molar-refractivity contribution in [3.05, 3.63) is 181 Å². The Hall–Kier alpha value is -5.86. The van der Waals surface area contributed by atoms with Crippen molar-refractivity contribution in [2.24, 2.45) is 0 Å². The summed E-state index contributed by atoms with van der Waals surface area (Å²) in [4.78, 5) is 10.1. The molecule has 2 aromatic heterocycles. The molecule has 1 spiro atoms. The van der Waals surface area contributed by atoms with Crippen molar-refractivity contribution in [3.63, 3.8) is 0 Å². The molecule has 2 aliphatic rings. The first-order valence-corrected chi connectivity index (χ1v) is 15.5. The molecule has 2 aliphatic carbocycles. The molecule has 6 aromatic carbocycles. The number of fused-ring (bicyclic) bond motifs is 12. The maximum absolute atomic E-state index is 5.45. The van der Waals surface area contributed by atoms with E-state index in [0.29, 0.717) is 0 Å². The molecular formula is C43H26N2. The van der Waals surface area contributed by atoms with E-state index in [2.05, 4.69) is 157 Å². The molecule has 0 N–H and O–H groups in total. The highest BCUT2D eigenvalue weighted by molar-refractivity contribution is 6.21. The molecule has 208 valence electrons. The van der Waals surface area contributed by atoms with Crippen molar-refractivity contribution in [3.8, 4) is 44.5 Å². The Labute approximate surface area is 261 Å². The van der Waals surface area contributed by atoms with Gasteiger partial charge in [0, 0.05) is 29.7 Å². The van der Waals surface area contributed by atoms with E-state index in [1.165, 1.54) is 77.2 Å². The molecule has 2 nitrogen and oxygen atoms in total. The van der Waals surface area contributed by atoms with Gasteiger partial charge in [0.2, 0.25) is 0 Å². The molecular weight excluding hydrogens is 544 g/mol. The maximum Gasteiger partial charge on any atom is 0.0912 e. The van der Waals surface area contributed by atoms with Crippen LogP contribution in [0.2, 0.25) is 0 Å². The fraction of sp³-hybridized carbons (Fsp3) is 0.0233. The molecule has 0 unspecified atom stereocenters. The Morgan fingerprint density at radius 3 is 1.53 bits per heavy atom. The lowest BCUT2D eigenvalue weighted by molar-refractivity contribution is 0.756. The lowest BCUT2D eigenvalue weighted by atomic mass is 9.73. The van der Waals surface area contributed by atoms with Crippen molar-refractivity contribution in [1.29, 1.82) is 0 Å². The topological polar surface area (TPSA) is 25.8 Å². The number of benzene rings is 6. The Balaban J connectivity index is 1.30. The average Bonchev–Trinajstić information content (AvgIpc) is 3.58. The summed E-state index contributed by atoms with van der Waals surface area (Å²) in [5.74, 6) is 0. The summed E-state index contributed by atoms with van der Waals surface area (Å²) in [5, 5.41) is 4.96. The zero-order valence-electron chi connectivity index (χ0n) is 24.4. The molecule has 0 saturated carbocycles. The second kappa shape index (κ2) is 9.07. The smallest absolute Gasteiger partial charge is 0.0912 e. The highest BCUT2D eigenvalue weighted by Crippen LogP contribution is 2.62. The van der Waals surface area contributed by atoms with Crippen LogP contribution in [0.4, 0.5) is 0 Å². The molecule has 0 saturated heterocycles. The number of hydrogen-bond donors (Lipinski definition) is 0. The highest BCUT2D eigenvalue weighted by atomic mass is 14.8. The molecule has 45 heavy (non-hydrogen) atoms. The largest absolute Gasteiger partial charge is 0.264 e. The van der Waals surface area contributed by atoms with E-state index in [0.717, 1.165) is 11.3 Å². The van der Waals surface area contributed by atoms with E-state index < -0.39 is 5.41 Å². The molecule has 2 heterocycles. The summed E-state index contributed by atoms with van der Waals surface area (Å²) in [6.45, 7) is 0. The van der Waals surface area contributed by atoms with Crippen molar-refractivity contribution in [2.75, 3.05) is 0 Å². The minimum Gasteiger partial charge on any atom is -0.264 e. The van der Waals surface area contributed by atoms with Crippen molar-refractivity contribution in [1.82, 2.24) is 9.97 Å². The summed E-state index contributed by atoms with van der Waals surface area (Å²) in [6, 6.07) is 50.6. The van der Waals surface area contributed by atoms with Gasteiger partial charge in [-0.25, -0.2) is 0 Å². The van der Waals surface area contributed by atoms with E-state index in [-0.39, 0.29) is 0 Å². The molecule has 0 bridgehead atoms.